The van der Waals surface area contributed by atoms with Gasteiger partial charge >= 0.3 is 0 Å². The van der Waals surface area contributed by atoms with Crippen molar-refractivity contribution in [2.24, 2.45) is 0 Å². The second kappa shape index (κ2) is 7.73. The van der Waals surface area contributed by atoms with Crippen LogP contribution in [0.15, 0.2) is 26.0 Å². The fourth-order valence-corrected chi connectivity index (χ4v) is 4.24. The topological polar surface area (TPSA) is 55.4 Å². The quantitative estimate of drug-likeness (QED) is 0.696. The monoisotopic (exact) mass is 413 g/mol. The molecule has 19 heavy (non-hydrogen) atoms. The van der Waals surface area contributed by atoms with Crippen molar-refractivity contribution in [1.82, 2.24) is 4.72 Å². The molecule has 0 unspecified atom stereocenters. The van der Waals surface area contributed by atoms with Gasteiger partial charge in [-0.05, 0) is 53.4 Å². The lowest BCUT2D eigenvalue weighted by molar-refractivity contribution is 0.193. The van der Waals surface area contributed by atoms with Crippen LogP contribution in [-0.2, 0) is 14.8 Å². The van der Waals surface area contributed by atoms with Gasteiger partial charge in [0.25, 0.3) is 0 Å². The van der Waals surface area contributed by atoms with E-state index in [2.05, 4.69) is 36.6 Å². The minimum Gasteiger partial charge on any atom is -0.385 e. The third-order valence-corrected chi connectivity index (χ3v) is 5.84. The Kier molecular flexibility index (Phi) is 6.96. The highest BCUT2D eigenvalue weighted by atomic mass is 79.9. The summed E-state index contributed by atoms with van der Waals surface area (Å²) in [7, 11) is -1.86. The van der Waals surface area contributed by atoms with Gasteiger partial charge in [-0.25, -0.2) is 13.1 Å². The zero-order valence-electron chi connectivity index (χ0n) is 10.9. The predicted octanol–water partition coefficient (Wildman–Crippen LogP) is 3.22. The molecule has 0 amide bonds. The fourth-order valence-electron chi connectivity index (χ4n) is 1.49. The van der Waals surface area contributed by atoms with Crippen molar-refractivity contribution in [2.45, 2.75) is 24.7 Å². The lowest BCUT2D eigenvalue weighted by Gasteiger charge is -2.10. The lowest BCUT2D eigenvalue weighted by atomic mass is 10.2. The number of unbranched alkanes of at least 4 members (excludes halogenated alkanes) is 1. The van der Waals surface area contributed by atoms with E-state index < -0.39 is 10.0 Å². The average Bonchev–Trinajstić information content (AvgIpc) is 2.33. The highest BCUT2D eigenvalue weighted by molar-refractivity contribution is 9.11. The van der Waals surface area contributed by atoms with Gasteiger partial charge in [-0.3, -0.25) is 0 Å². The third-order valence-electron chi connectivity index (χ3n) is 2.57. The molecule has 0 saturated heterocycles. The van der Waals surface area contributed by atoms with Crippen LogP contribution >= 0.6 is 31.9 Å². The van der Waals surface area contributed by atoms with E-state index in [1.807, 2.05) is 6.92 Å². The minimum absolute atomic E-state index is 0.247. The van der Waals surface area contributed by atoms with Gasteiger partial charge in [0.05, 0.1) is 4.90 Å². The first kappa shape index (κ1) is 17.1. The normalized spacial score (nSPS) is 11.8. The summed E-state index contributed by atoms with van der Waals surface area (Å²) < 4.78 is 33.2. The van der Waals surface area contributed by atoms with Gasteiger partial charge < -0.3 is 4.74 Å². The van der Waals surface area contributed by atoms with Gasteiger partial charge in [-0.15, -0.1) is 0 Å². The molecular formula is C12H17Br2NO3S. The van der Waals surface area contributed by atoms with E-state index >= 15 is 0 Å². The maximum atomic E-state index is 12.2. The second-order valence-electron chi connectivity index (χ2n) is 4.13. The van der Waals surface area contributed by atoms with Crippen molar-refractivity contribution in [1.29, 1.82) is 0 Å². The first-order valence-electron chi connectivity index (χ1n) is 5.82. The summed E-state index contributed by atoms with van der Waals surface area (Å²) in [4.78, 5) is 0.247. The van der Waals surface area contributed by atoms with Crippen molar-refractivity contribution in [2.75, 3.05) is 20.3 Å². The molecule has 0 aliphatic heterocycles. The number of halogens is 2. The third kappa shape index (κ3) is 5.15. The number of nitrogens with one attached hydrogen (secondary N) is 1. The minimum atomic E-state index is -3.49. The molecule has 1 aromatic carbocycles. The summed E-state index contributed by atoms with van der Waals surface area (Å²) in [6.45, 7) is 2.95. The molecule has 0 heterocycles. The molecule has 0 bridgehead atoms. The number of sulfonamides is 1. The molecule has 0 atom stereocenters. The predicted molar refractivity (Wildman–Crippen MR) is 82.9 cm³/mol. The Morgan fingerprint density at radius 3 is 2.53 bits per heavy atom. The van der Waals surface area contributed by atoms with E-state index in [9.17, 15) is 8.42 Å². The Hall–Kier alpha value is 0.0500. The summed E-state index contributed by atoms with van der Waals surface area (Å²) in [6, 6.07) is 3.39. The first-order chi connectivity index (χ1) is 8.88. The maximum absolute atomic E-state index is 12.2. The van der Waals surface area contributed by atoms with Crippen LogP contribution < -0.4 is 4.72 Å². The summed E-state index contributed by atoms with van der Waals surface area (Å²) in [6.07, 6.45) is 1.58. The molecule has 0 aliphatic carbocycles. The van der Waals surface area contributed by atoms with E-state index in [-0.39, 0.29) is 4.90 Å². The summed E-state index contributed by atoms with van der Waals surface area (Å²) in [5.41, 5.74) is 0.978. The van der Waals surface area contributed by atoms with E-state index in [0.29, 0.717) is 17.6 Å². The molecule has 0 spiro atoms. The molecule has 4 nitrogen and oxygen atoms in total. The Bertz CT molecular complexity index is 532. The first-order valence-corrected chi connectivity index (χ1v) is 8.89. The SMILES string of the molecule is COCCCCNS(=O)(=O)c1cc(Br)c(C)cc1Br. The van der Waals surface area contributed by atoms with Crippen LogP contribution in [0.5, 0.6) is 0 Å². The zero-order valence-corrected chi connectivity index (χ0v) is 14.9. The van der Waals surface area contributed by atoms with Gasteiger partial charge in [0.2, 0.25) is 10.0 Å². The fraction of sp³-hybridized carbons (Fsp3) is 0.500. The maximum Gasteiger partial charge on any atom is 0.241 e. The van der Waals surface area contributed by atoms with Crippen LogP contribution in [0.25, 0.3) is 0 Å². The number of hydrogen-bond acceptors (Lipinski definition) is 3. The van der Waals surface area contributed by atoms with Crippen LogP contribution in [-0.4, -0.2) is 28.7 Å². The van der Waals surface area contributed by atoms with E-state index in [0.717, 1.165) is 22.9 Å². The van der Waals surface area contributed by atoms with Gasteiger partial charge in [-0.2, -0.15) is 0 Å². The molecule has 108 valence electrons. The van der Waals surface area contributed by atoms with Crippen LogP contribution in [0, 0.1) is 6.92 Å². The largest absolute Gasteiger partial charge is 0.385 e. The molecule has 1 N–H and O–H groups in total. The Balaban J connectivity index is 2.75. The Morgan fingerprint density at radius 2 is 1.89 bits per heavy atom. The molecular weight excluding hydrogens is 398 g/mol. The van der Waals surface area contributed by atoms with Gasteiger partial charge in [-0.1, -0.05) is 15.9 Å². The molecule has 0 aromatic heterocycles. The Morgan fingerprint density at radius 1 is 1.21 bits per heavy atom. The zero-order chi connectivity index (χ0) is 14.5. The van der Waals surface area contributed by atoms with Crippen molar-refractivity contribution in [3.05, 3.63) is 26.6 Å². The van der Waals surface area contributed by atoms with Crippen LogP contribution in [0.3, 0.4) is 0 Å². The van der Waals surface area contributed by atoms with Gasteiger partial charge in [0.1, 0.15) is 0 Å². The molecule has 0 aliphatic rings. The molecule has 0 fully saturated rings. The number of rotatable bonds is 7. The molecule has 0 saturated carbocycles. The smallest absolute Gasteiger partial charge is 0.241 e. The summed E-state index contributed by atoms with van der Waals surface area (Å²) >= 11 is 6.64. The van der Waals surface area contributed by atoms with Crippen molar-refractivity contribution >= 4 is 41.9 Å². The highest BCUT2D eigenvalue weighted by Crippen LogP contribution is 2.28. The number of ether oxygens (including phenoxy) is 1. The van der Waals surface area contributed by atoms with Crippen molar-refractivity contribution < 1.29 is 13.2 Å². The van der Waals surface area contributed by atoms with Crippen LogP contribution in [0.1, 0.15) is 18.4 Å². The summed E-state index contributed by atoms with van der Waals surface area (Å²) in [5, 5.41) is 0. The molecule has 7 heteroatoms. The van der Waals surface area contributed by atoms with Crippen LogP contribution in [0.2, 0.25) is 0 Å². The average molecular weight is 415 g/mol. The van der Waals surface area contributed by atoms with E-state index in [4.69, 9.17) is 4.74 Å². The van der Waals surface area contributed by atoms with Crippen molar-refractivity contribution in [3.63, 3.8) is 0 Å². The number of methoxy groups -OCH3 is 1. The number of hydrogen-bond donors (Lipinski definition) is 1. The molecule has 1 rings (SSSR count). The molecule has 0 radical (unpaired) electrons. The second-order valence-corrected chi connectivity index (χ2v) is 7.57. The number of aryl methyl sites for hydroxylation is 1. The highest BCUT2D eigenvalue weighted by Gasteiger charge is 2.18. The van der Waals surface area contributed by atoms with Gasteiger partial charge in [0, 0.05) is 29.2 Å². The van der Waals surface area contributed by atoms with Gasteiger partial charge in [0.15, 0.2) is 0 Å². The van der Waals surface area contributed by atoms with Crippen LogP contribution in [0.4, 0.5) is 0 Å². The number of benzene rings is 1. The van der Waals surface area contributed by atoms with E-state index in [1.54, 1.807) is 19.2 Å². The van der Waals surface area contributed by atoms with E-state index in [1.165, 1.54) is 0 Å². The Labute approximate surface area is 131 Å². The lowest BCUT2D eigenvalue weighted by Crippen LogP contribution is -2.25. The molecule has 1 aromatic rings. The van der Waals surface area contributed by atoms with Crippen molar-refractivity contribution in [3.8, 4) is 0 Å². The standard InChI is InChI=1S/C12H17Br2NO3S/c1-9-7-11(14)12(8-10(9)13)19(16,17)15-5-3-4-6-18-2/h7-8,15H,3-6H2,1-2H3. The summed E-state index contributed by atoms with van der Waals surface area (Å²) in [5.74, 6) is 0.